The number of halogens is 1. The van der Waals surface area contributed by atoms with Crippen molar-refractivity contribution in [1.29, 1.82) is 0 Å². The number of ketones is 1. The highest BCUT2D eigenvalue weighted by molar-refractivity contribution is 6.33. The number of fused-ring (bicyclic) bond motifs is 1. The fourth-order valence-electron chi connectivity index (χ4n) is 3.83. The minimum absolute atomic E-state index is 0.00198. The summed E-state index contributed by atoms with van der Waals surface area (Å²) in [5, 5.41) is 0.599. The standard InChI is InChI=1S/C25H22ClNO3/c1-16(28)18-7-11-23(26)22(15-18)19-8-12-24-20(14-19)4-3-13-27(24)25(29)17-5-9-21(30-2)10-6-17/h5-12,14-15H,3-4,13H2,1-2H3. The monoisotopic (exact) mass is 419 g/mol. The van der Waals surface area contributed by atoms with Gasteiger partial charge in [0.1, 0.15) is 5.75 Å². The Bertz CT molecular complexity index is 1120. The summed E-state index contributed by atoms with van der Waals surface area (Å²) in [6, 6.07) is 18.5. The molecule has 0 bridgehead atoms. The van der Waals surface area contributed by atoms with Crippen LogP contribution in [0.4, 0.5) is 5.69 Å². The van der Waals surface area contributed by atoms with Crippen molar-refractivity contribution in [3.63, 3.8) is 0 Å². The second-order valence-electron chi connectivity index (χ2n) is 7.38. The Morgan fingerprint density at radius 1 is 0.967 bits per heavy atom. The van der Waals surface area contributed by atoms with Crippen LogP contribution in [0.2, 0.25) is 5.02 Å². The van der Waals surface area contributed by atoms with Gasteiger partial charge in [0, 0.05) is 33.9 Å². The minimum atomic E-state index is -0.0250. The molecule has 0 unspecified atom stereocenters. The molecular formula is C25H22ClNO3. The first kappa shape index (κ1) is 20.2. The summed E-state index contributed by atoms with van der Waals surface area (Å²) in [5.41, 5.74) is 5.05. The lowest BCUT2D eigenvalue weighted by Gasteiger charge is -2.30. The van der Waals surface area contributed by atoms with Gasteiger partial charge in [-0.2, -0.15) is 0 Å². The van der Waals surface area contributed by atoms with Gasteiger partial charge in [-0.05, 0) is 85.5 Å². The minimum Gasteiger partial charge on any atom is -0.497 e. The van der Waals surface area contributed by atoms with Crippen molar-refractivity contribution < 1.29 is 14.3 Å². The average molecular weight is 420 g/mol. The molecule has 5 heteroatoms. The lowest BCUT2D eigenvalue weighted by molar-refractivity contribution is 0.0983. The molecule has 0 spiro atoms. The predicted molar refractivity (Wildman–Crippen MR) is 120 cm³/mol. The third kappa shape index (κ3) is 3.83. The molecule has 0 aromatic heterocycles. The number of carbonyl (C=O) groups is 2. The van der Waals surface area contributed by atoms with Crippen LogP contribution >= 0.6 is 11.6 Å². The highest BCUT2D eigenvalue weighted by atomic mass is 35.5. The molecule has 0 saturated carbocycles. The van der Waals surface area contributed by atoms with Gasteiger partial charge in [0.2, 0.25) is 0 Å². The number of nitrogens with zero attached hydrogens (tertiary/aromatic N) is 1. The molecule has 0 atom stereocenters. The number of hydrogen-bond acceptors (Lipinski definition) is 3. The number of carbonyl (C=O) groups excluding carboxylic acids is 2. The molecule has 0 radical (unpaired) electrons. The van der Waals surface area contributed by atoms with Crippen molar-refractivity contribution in [2.24, 2.45) is 0 Å². The quantitative estimate of drug-likeness (QED) is 0.501. The van der Waals surface area contributed by atoms with Crippen LogP contribution < -0.4 is 9.64 Å². The first-order valence-corrected chi connectivity index (χ1v) is 10.3. The highest BCUT2D eigenvalue weighted by Gasteiger charge is 2.24. The third-order valence-corrected chi connectivity index (χ3v) is 5.79. The van der Waals surface area contributed by atoms with Crippen LogP contribution in [0.1, 0.15) is 39.6 Å². The van der Waals surface area contributed by atoms with Gasteiger partial charge in [0.05, 0.1) is 7.11 Å². The van der Waals surface area contributed by atoms with Gasteiger partial charge in [0.25, 0.3) is 5.91 Å². The summed E-state index contributed by atoms with van der Waals surface area (Å²) in [4.78, 5) is 26.7. The van der Waals surface area contributed by atoms with Crippen LogP contribution in [0.25, 0.3) is 11.1 Å². The smallest absolute Gasteiger partial charge is 0.258 e. The van der Waals surface area contributed by atoms with E-state index >= 15 is 0 Å². The number of benzene rings is 3. The Morgan fingerprint density at radius 2 is 1.70 bits per heavy atom. The van der Waals surface area contributed by atoms with E-state index in [1.807, 2.05) is 23.1 Å². The molecule has 1 amide bonds. The maximum absolute atomic E-state index is 13.1. The van der Waals surface area contributed by atoms with Gasteiger partial charge in [0.15, 0.2) is 5.78 Å². The first-order chi connectivity index (χ1) is 14.5. The zero-order chi connectivity index (χ0) is 21.3. The fraction of sp³-hybridized carbons (Fsp3) is 0.200. The van der Waals surface area contributed by atoms with Crippen molar-refractivity contribution in [3.8, 4) is 16.9 Å². The van der Waals surface area contributed by atoms with Gasteiger partial charge in [-0.15, -0.1) is 0 Å². The molecule has 0 saturated heterocycles. The van der Waals surface area contributed by atoms with E-state index in [0.717, 1.165) is 41.0 Å². The van der Waals surface area contributed by atoms with Crippen LogP contribution in [0.5, 0.6) is 5.75 Å². The second kappa shape index (κ2) is 8.33. The van der Waals surface area contributed by atoms with Gasteiger partial charge >= 0.3 is 0 Å². The zero-order valence-corrected chi connectivity index (χ0v) is 17.7. The number of hydrogen-bond donors (Lipinski definition) is 0. The summed E-state index contributed by atoms with van der Waals surface area (Å²) in [7, 11) is 1.60. The Morgan fingerprint density at radius 3 is 2.40 bits per heavy atom. The van der Waals surface area contributed by atoms with E-state index in [1.54, 1.807) is 50.4 Å². The van der Waals surface area contributed by atoms with E-state index in [1.165, 1.54) is 0 Å². The molecule has 1 aliphatic heterocycles. The molecular weight excluding hydrogens is 398 g/mol. The van der Waals surface area contributed by atoms with Crippen molar-refractivity contribution in [2.45, 2.75) is 19.8 Å². The van der Waals surface area contributed by atoms with Crippen LogP contribution in [0, 0.1) is 0 Å². The van der Waals surface area contributed by atoms with Crippen molar-refractivity contribution in [2.75, 3.05) is 18.6 Å². The Labute approximate surface area is 181 Å². The van der Waals surface area contributed by atoms with E-state index in [2.05, 4.69) is 6.07 Å². The van der Waals surface area contributed by atoms with E-state index in [-0.39, 0.29) is 11.7 Å². The number of anilines is 1. The van der Waals surface area contributed by atoms with Crippen LogP contribution in [0.3, 0.4) is 0 Å². The highest BCUT2D eigenvalue weighted by Crippen LogP contribution is 2.35. The van der Waals surface area contributed by atoms with Crippen molar-refractivity contribution in [1.82, 2.24) is 0 Å². The molecule has 4 nitrogen and oxygen atoms in total. The number of amides is 1. The summed E-state index contributed by atoms with van der Waals surface area (Å²) in [5.74, 6) is 0.699. The lowest BCUT2D eigenvalue weighted by Crippen LogP contribution is -2.35. The van der Waals surface area contributed by atoms with Gasteiger partial charge in [-0.25, -0.2) is 0 Å². The molecule has 0 fully saturated rings. The molecule has 152 valence electrons. The van der Waals surface area contributed by atoms with Crippen LogP contribution in [-0.2, 0) is 6.42 Å². The van der Waals surface area contributed by atoms with E-state index in [0.29, 0.717) is 22.7 Å². The fourth-order valence-corrected chi connectivity index (χ4v) is 4.06. The summed E-state index contributed by atoms with van der Waals surface area (Å²) in [6.45, 7) is 2.22. The SMILES string of the molecule is COc1ccc(C(=O)N2CCCc3cc(-c4cc(C(C)=O)ccc4Cl)ccc32)cc1. The van der Waals surface area contributed by atoms with E-state index < -0.39 is 0 Å². The van der Waals surface area contributed by atoms with Crippen molar-refractivity contribution >= 4 is 29.0 Å². The Hall–Kier alpha value is -3.11. The van der Waals surface area contributed by atoms with E-state index in [4.69, 9.17) is 16.3 Å². The summed E-state index contributed by atoms with van der Waals surface area (Å²) < 4.78 is 5.18. The molecule has 0 aliphatic carbocycles. The number of Topliss-reactive ketones (excluding diaryl/α,β-unsaturated/α-hetero) is 1. The molecule has 30 heavy (non-hydrogen) atoms. The lowest BCUT2D eigenvalue weighted by atomic mass is 9.94. The predicted octanol–water partition coefficient (Wildman–Crippen LogP) is 5.81. The van der Waals surface area contributed by atoms with Gasteiger partial charge < -0.3 is 9.64 Å². The molecule has 1 aliphatic rings. The topological polar surface area (TPSA) is 46.6 Å². The van der Waals surface area contributed by atoms with E-state index in [9.17, 15) is 9.59 Å². The number of aryl methyl sites for hydroxylation is 1. The molecule has 3 aromatic rings. The molecule has 3 aromatic carbocycles. The number of rotatable bonds is 4. The maximum Gasteiger partial charge on any atom is 0.258 e. The molecule has 0 N–H and O–H groups in total. The summed E-state index contributed by atoms with van der Waals surface area (Å²) in [6.07, 6.45) is 1.78. The number of methoxy groups -OCH3 is 1. The zero-order valence-electron chi connectivity index (χ0n) is 16.9. The number of ether oxygens (including phenoxy) is 1. The second-order valence-corrected chi connectivity index (χ2v) is 7.79. The Kier molecular flexibility index (Phi) is 5.60. The summed E-state index contributed by atoms with van der Waals surface area (Å²) >= 11 is 6.42. The largest absolute Gasteiger partial charge is 0.497 e. The third-order valence-electron chi connectivity index (χ3n) is 5.46. The average Bonchev–Trinajstić information content (AvgIpc) is 2.78. The van der Waals surface area contributed by atoms with Crippen LogP contribution in [0.15, 0.2) is 60.7 Å². The maximum atomic E-state index is 13.1. The normalized spacial score (nSPS) is 13.0. The van der Waals surface area contributed by atoms with Crippen molar-refractivity contribution in [3.05, 3.63) is 82.4 Å². The molecule has 1 heterocycles. The molecule has 4 rings (SSSR count). The van der Waals surface area contributed by atoms with Gasteiger partial charge in [-0.3, -0.25) is 9.59 Å². The van der Waals surface area contributed by atoms with Crippen LogP contribution in [-0.4, -0.2) is 25.3 Å². The Balaban J connectivity index is 1.68. The van der Waals surface area contributed by atoms with Gasteiger partial charge in [-0.1, -0.05) is 17.7 Å². The first-order valence-electron chi connectivity index (χ1n) is 9.87.